The molecule has 4 nitrogen and oxygen atoms in total. The number of hydrogen-bond acceptors (Lipinski definition) is 4. The highest BCUT2D eigenvalue weighted by atomic mass is 79.9. The lowest BCUT2D eigenvalue weighted by Gasteiger charge is -2.27. The maximum atomic E-state index is 12.0. The van der Waals surface area contributed by atoms with Crippen LogP contribution < -0.4 is 14.8 Å². The molecule has 1 aliphatic carbocycles. The van der Waals surface area contributed by atoms with Gasteiger partial charge in [0.2, 0.25) is 0 Å². The fourth-order valence-corrected chi connectivity index (χ4v) is 2.47. The van der Waals surface area contributed by atoms with E-state index in [9.17, 15) is 4.79 Å². The maximum absolute atomic E-state index is 12.0. The van der Waals surface area contributed by atoms with Crippen molar-refractivity contribution in [1.29, 1.82) is 0 Å². The summed E-state index contributed by atoms with van der Waals surface area (Å²) in [5.41, 5.74) is 0.615. The van der Waals surface area contributed by atoms with Gasteiger partial charge in [0.05, 0.1) is 19.8 Å². The minimum Gasteiger partial charge on any atom is -0.493 e. The van der Waals surface area contributed by atoms with Crippen LogP contribution >= 0.6 is 15.9 Å². The normalized spacial score (nSPS) is 14.9. The number of benzene rings is 1. The Balaban J connectivity index is 2.28. The Morgan fingerprint density at radius 2 is 2.16 bits per heavy atom. The van der Waals surface area contributed by atoms with Crippen molar-refractivity contribution >= 4 is 21.7 Å². The number of carbonyl (C=O) groups excluding carboxylic acids is 1. The zero-order valence-corrected chi connectivity index (χ0v) is 12.7. The highest BCUT2D eigenvalue weighted by Gasteiger charge is 2.22. The number of Topliss-reactive ketones (excluding diaryl/α,β-unsaturated/α-hetero) is 1. The minimum atomic E-state index is 0.0236. The van der Waals surface area contributed by atoms with E-state index in [4.69, 9.17) is 9.47 Å². The molecule has 0 radical (unpaired) electrons. The summed E-state index contributed by atoms with van der Waals surface area (Å²) in [7, 11) is 3.35. The maximum Gasteiger partial charge on any atom is 0.177 e. The molecule has 0 heterocycles. The van der Waals surface area contributed by atoms with E-state index in [1.54, 1.807) is 26.3 Å². The van der Waals surface area contributed by atoms with Crippen LogP contribution in [0.1, 0.15) is 29.6 Å². The van der Waals surface area contributed by atoms with Gasteiger partial charge in [-0.1, -0.05) is 0 Å². The van der Waals surface area contributed by atoms with Gasteiger partial charge in [0.25, 0.3) is 0 Å². The Morgan fingerprint density at radius 1 is 1.42 bits per heavy atom. The summed E-state index contributed by atoms with van der Waals surface area (Å²) in [6.45, 7) is 0.299. The zero-order valence-electron chi connectivity index (χ0n) is 11.2. The molecule has 1 saturated carbocycles. The quantitative estimate of drug-likeness (QED) is 0.816. The van der Waals surface area contributed by atoms with Crippen LogP contribution in [0.3, 0.4) is 0 Å². The van der Waals surface area contributed by atoms with Gasteiger partial charge in [0.1, 0.15) is 0 Å². The first kappa shape index (κ1) is 14.3. The van der Waals surface area contributed by atoms with Crippen molar-refractivity contribution in [3.05, 3.63) is 22.2 Å². The molecule has 19 heavy (non-hydrogen) atoms. The molecule has 1 aliphatic rings. The molecule has 2 rings (SSSR count). The van der Waals surface area contributed by atoms with E-state index in [1.165, 1.54) is 6.42 Å². The topological polar surface area (TPSA) is 47.6 Å². The highest BCUT2D eigenvalue weighted by molar-refractivity contribution is 9.10. The Labute approximate surface area is 121 Å². The molecule has 1 aromatic rings. The summed E-state index contributed by atoms with van der Waals surface area (Å²) in [6, 6.07) is 3.55. The third kappa shape index (κ3) is 3.28. The predicted molar refractivity (Wildman–Crippen MR) is 77.2 cm³/mol. The molecule has 0 amide bonds. The molecule has 0 atom stereocenters. The van der Waals surface area contributed by atoms with Gasteiger partial charge in [-0.3, -0.25) is 4.79 Å². The fraction of sp³-hybridized carbons (Fsp3) is 0.500. The van der Waals surface area contributed by atoms with E-state index in [2.05, 4.69) is 21.2 Å². The second-order valence-electron chi connectivity index (χ2n) is 4.61. The minimum absolute atomic E-state index is 0.0236. The van der Waals surface area contributed by atoms with Gasteiger partial charge in [0, 0.05) is 10.0 Å². The summed E-state index contributed by atoms with van der Waals surface area (Å²) in [5.74, 6) is 1.32. The number of nitrogens with one attached hydrogen (secondary N) is 1. The first-order chi connectivity index (χ1) is 9.15. The van der Waals surface area contributed by atoms with Crippen molar-refractivity contribution in [2.75, 3.05) is 20.7 Å². The van der Waals surface area contributed by atoms with E-state index >= 15 is 0 Å². The smallest absolute Gasteiger partial charge is 0.177 e. The van der Waals surface area contributed by atoms with Gasteiger partial charge in [-0.2, -0.15) is 0 Å². The van der Waals surface area contributed by atoms with Crippen molar-refractivity contribution in [3.63, 3.8) is 0 Å². The largest absolute Gasteiger partial charge is 0.493 e. The van der Waals surface area contributed by atoms with Crippen molar-refractivity contribution in [2.24, 2.45) is 0 Å². The summed E-state index contributed by atoms with van der Waals surface area (Å²) in [4.78, 5) is 12.0. The van der Waals surface area contributed by atoms with Gasteiger partial charge < -0.3 is 14.8 Å². The molecule has 1 aromatic carbocycles. The molecule has 0 saturated heterocycles. The lowest BCUT2D eigenvalue weighted by Crippen LogP contribution is -2.25. The molecule has 5 heteroatoms. The summed E-state index contributed by atoms with van der Waals surface area (Å²) < 4.78 is 11.9. The first-order valence-corrected chi connectivity index (χ1v) is 7.17. The van der Waals surface area contributed by atoms with Gasteiger partial charge in [0.15, 0.2) is 17.3 Å². The van der Waals surface area contributed by atoms with Crippen LogP contribution in [0.2, 0.25) is 0 Å². The van der Waals surface area contributed by atoms with E-state index in [0.29, 0.717) is 23.6 Å². The van der Waals surface area contributed by atoms with E-state index in [1.807, 2.05) is 0 Å². The average molecular weight is 328 g/mol. The third-order valence-corrected chi connectivity index (χ3v) is 3.89. The number of ether oxygens (including phenoxy) is 2. The molecule has 0 spiro atoms. The number of methoxy groups -OCH3 is 1. The second kappa shape index (κ2) is 6.39. The Bertz CT molecular complexity index is 472. The van der Waals surface area contributed by atoms with Crippen LogP contribution in [-0.4, -0.2) is 32.6 Å². The molecule has 1 fully saturated rings. The lowest BCUT2D eigenvalue weighted by molar-refractivity contribution is 0.0987. The summed E-state index contributed by atoms with van der Waals surface area (Å²) >= 11 is 3.41. The first-order valence-electron chi connectivity index (χ1n) is 6.37. The second-order valence-corrected chi connectivity index (χ2v) is 5.46. The molecule has 0 aromatic heterocycles. The highest BCUT2D eigenvalue weighted by Crippen LogP contribution is 2.36. The summed E-state index contributed by atoms with van der Waals surface area (Å²) in [6.07, 6.45) is 3.59. The number of hydrogen-bond donors (Lipinski definition) is 1. The van der Waals surface area contributed by atoms with Gasteiger partial charge in [-0.15, -0.1) is 0 Å². The van der Waals surface area contributed by atoms with E-state index in [0.717, 1.165) is 17.3 Å². The van der Waals surface area contributed by atoms with Crippen LogP contribution in [0, 0.1) is 0 Å². The van der Waals surface area contributed by atoms with Crippen LogP contribution in [0.15, 0.2) is 16.6 Å². The SMILES string of the molecule is CNCC(=O)c1cc(OC2CCC2)c(OC)cc1Br. The molecular formula is C14H18BrNO3. The number of rotatable bonds is 6. The number of carbonyl (C=O) groups is 1. The van der Waals surface area contributed by atoms with Crippen molar-refractivity contribution < 1.29 is 14.3 Å². The zero-order chi connectivity index (χ0) is 13.8. The molecule has 0 aliphatic heterocycles. The molecule has 0 unspecified atom stereocenters. The monoisotopic (exact) mass is 327 g/mol. The molecule has 104 valence electrons. The molecule has 1 N–H and O–H groups in total. The van der Waals surface area contributed by atoms with Gasteiger partial charge in [-0.05, 0) is 54.4 Å². The Kier molecular flexibility index (Phi) is 4.82. The van der Waals surface area contributed by atoms with Gasteiger partial charge in [-0.25, -0.2) is 0 Å². The van der Waals surface area contributed by atoms with Crippen LogP contribution in [0.25, 0.3) is 0 Å². The van der Waals surface area contributed by atoms with Crippen LogP contribution in [-0.2, 0) is 0 Å². The average Bonchev–Trinajstić information content (AvgIpc) is 2.34. The predicted octanol–water partition coefficient (Wildman–Crippen LogP) is 2.79. The van der Waals surface area contributed by atoms with Crippen molar-refractivity contribution in [2.45, 2.75) is 25.4 Å². The van der Waals surface area contributed by atoms with Gasteiger partial charge >= 0.3 is 0 Å². The number of ketones is 1. The summed E-state index contributed by atoms with van der Waals surface area (Å²) in [5, 5.41) is 2.86. The van der Waals surface area contributed by atoms with E-state index in [-0.39, 0.29) is 11.9 Å². The molecule has 0 bridgehead atoms. The number of likely N-dealkylation sites (N-methyl/N-ethyl adjacent to an activating group) is 1. The Hall–Kier alpha value is -1.07. The van der Waals surface area contributed by atoms with E-state index < -0.39 is 0 Å². The number of halogens is 1. The van der Waals surface area contributed by atoms with Crippen molar-refractivity contribution in [3.8, 4) is 11.5 Å². The lowest BCUT2D eigenvalue weighted by atomic mass is 9.96. The van der Waals surface area contributed by atoms with Crippen molar-refractivity contribution in [1.82, 2.24) is 5.32 Å². The standard InChI is InChI=1S/C14H18BrNO3/c1-16-8-12(17)10-6-14(19-9-4-3-5-9)13(18-2)7-11(10)15/h6-7,9,16H,3-5,8H2,1-2H3. The Morgan fingerprint density at radius 3 is 2.68 bits per heavy atom. The molecular weight excluding hydrogens is 310 g/mol. The van der Waals surface area contributed by atoms with Crippen LogP contribution in [0.4, 0.5) is 0 Å². The third-order valence-electron chi connectivity index (χ3n) is 3.24. The van der Waals surface area contributed by atoms with Crippen LogP contribution in [0.5, 0.6) is 11.5 Å². The fourth-order valence-electron chi connectivity index (χ4n) is 1.92.